The zero-order chi connectivity index (χ0) is 19.7. The maximum absolute atomic E-state index is 13.4. The van der Waals surface area contributed by atoms with Gasteiger partial charge in [0.1, 0.15) is 17.5 Å². The molecule has 4 fully saturated rings. The molecule has 4 saturated carbocycles. The number of hydrogen-bond acceptors (Lipinski definition) is 5. The number of nitrogens with one attached hydrogen (secondary N) is 1. The van der Waals surface area contributed by atoms with Gasteiger partial charge in [-0.15, -0.1) is 10.2 Å². The van der Waals surface area contributed by atoms with Crippen molar-refractivity contribution in [3.8, 4) is 5.75 Å². The van der Waals surface area contributed by atoms with E-state index < -0.39 is 17.7 Å². The molecular formula is C18H15ClF3N3O3. The fourth-order valence-corrected chi connectivity index (χ4v) is 4.38. The van der Waals surface area contributed by atoms with Gasteiger partial charge in [0.2, 0.25) is 11.8 Å². The fraction of sp³-hybridized carbons (Fsp3) is 0.500. The molecule has 0 spiro atoms. The van der Waals surface area contributed by atoms with E-state index in [-0.39, 0.29) is 46.6 Å². The lowest BCUT2D eigenvalue weighted by Crippen LogP contribution is -2.77. The summed E-state index contributed by atoms with van der Waals surface area (Å²) in [5.74, 6) is -4.09. The lowest BCUT2D eigenvalue weighted by atomic mass is 9.39. The van der Waals surface area contributed by atoms with Gasteiger partial charge in [0.15, 0.2) is 6.61 Å². The van der Waals surface area contributed by atoms with Gasteiger partial charge in [-0.05, 0) is 31.4 Å². The van der Waals surface area contributed by atoms with Gasteiger partial charge >= 0.3 is 0 Å². The molecule has 1 atom stereocenters. The maximum Gasteiger partial charge on any atom is 0.260 e. The van der Waals surface area contributed by atoms with Crippen LogP contribution in [0.3, 0.4) is 0 Å². The van der Waals surface area contributed by atoms with Crippen LogP contribution in [0, 0.1) is 5.82 Å². The number of halogens is 4. The first-order chi connectivity index (χ1) is 13.2. The number of amides is 1. The molecule has 1 amide bonds. The summed E-state index contributed by atoms with van der Waals surface area (Å²) in [7, 11) is 0. The van der Waals surface area contributed by atoms with Gasteiger partial charge in [0.25, 0.3) is 11.8 Å². The van der Waals surface area contributed by atoms with Crippen molar-refractivity contribution in [2.45, 2.75) is 48.5 Å². The minimum Gasteiger partial charge on any atom is -0.484 e. The number of ether oxygens (including phenoxy) is 1. The number of aromatic nitrogens is 2. The molecule has 4 aliphatic rings. The number of carbonyl (C=O) groups excluding carboxylic acids is 1. The molecular weight excluding hydrogens is 399 g/mol. The van der Waals surface area contributed by atoms with Crippen molar-refractivity contribution in [1.82, 2.24) is 15.5 Å². The Kier molecular flexibility index (Phi) is 3.57. The van der Waals surface area contributed by atoms with Crippen LogP contribution in [0.25, 0.3) is 0 Å². The van der Waals surface area contributed by atoms with Crippen LogP contribution >= 0.6 is 11.6 Å². The monoisotopic (exact) mass is 413 g/mol. The zero-order valence-corrected chi connectivity index (χ0v) is 15.2. The minimum atomic E-state index is -2.74. The second-order valence-electron chi connectivity index (χ2n) is 7.97. The zero-order valence-electron chi connectivity index (χ0n) is 14.5. The van der Waals surface area contributed by atoms with Gasteiger partial charge in [0.05, 0.1) is 10.4 Å². The third-order valence-electron chi connectivity index (χ3n) is 5.71. The van der Waals surface area contributed by atoms with Crippen LogP contribution in [0.1, 0.15) is 43.4 Å². The Morgan fingerprint density at radius 1 is 1.32 bits per heavy atom. The minimum absolute atomic E-state index is 0.00796. The molecule has 148 valence electrons. The van der Waals surface area contributed by atoms with Gasteiger partial charge in [0, 0.05) is 18.0 Å². The van der Waals surface area contributed by atoms with E-state index in [0.717, 1.165) is 6.07 Å². The first-order valence-electron chi connectivity index (χ1n) is 8.81. The number of rotatable bonds is 6. The molecule has 0 saturated heterocycles. The van der Waals surface area contributed by atoms with E-state index in [9.17, 15) is 18.0 Å². The van der Waals surface area contributed by atoms with E-state index in [1.165, 1.54) is 12.1 Å². The molecule has 6 rings (SSSR count). The average molecular weight is 414 g/mol. The van der Waals surface area contributed by atoms with Crippen molar-refractivity contribution in [1.29, 1.82) is 0 Å². The van der Waals surface area contributed by atoms with E-state index >= 15 is 0 Å². The molecule has 1 aromatic heterocycles. The van der Waals surface area contributed by atoms with E-state index in [1.807, 2.05) is 0 Å². The summed E-state index contributed by atoms with van der Waals surface area (Å²) in [6.07, 6.45) is 1.59. The standard InChI is InChI=1S/C18H15ClF3N3O3/c19-11-2-1-9(3-12(11)20)27-5-13(26)23-17-6-16(7-17,8-17)15-25-24-14(28-15)10-4-18(10,21)22/h1-3,10H,4-8H2,(H,23,26). The Morgan fingerprint density at radius 2 is 2.04 bits per heavy atom. The predicted octanol–water partition coefficient (Wildman–Crippen LogP) is 3.35. The molecule has 1 unspecified atom stereocenters. The highest BCUT2D eigenvalue weighted by molar-refractivity contribution is 6.30. The van der Waals surface area contributed by atoms with Gasteiger partial charge in [-0.3, -0.25) is 4.79 Å². The molecule has 6 nitrogen and oxygen atoms in total. The molecule has 0 radical (unpaired) electrons. The van der Waals surface area contributed by atoms with E-state index in [1.54, 1.807) is 0 Å². The molecule has 1 aromatic carbocycles. The quantitative estimate of drug-likeness (QED) is 0.785. The molecule has 28 heavy (non-hydrogen) atoms. The number of nitrogens with zero attached hydrogens (tertiary/aromatic N) is 2. The first-order valence-corrected chi connectivity index (χ1v) is 9.19. The van der Waals surface area contributed by atoms with Crippen LogP contribution in [-0.2, 0) is 10.2 Å². The Hall–Kier alpha value is -2.29. The number of alkyl halides is 2. The van der Waals surface area contributed by atoms with Crippen LogP contribution in [-0.4, -0.2) is 34.2 Å². The molecule has 2 bridgehead atoms. The van der Waals surface area contributed by atoms with Crippen LogP contribution in [0.2, 0.25) is 5.02 Å². The highest BCUT2D eigenvalue weighted by Crippen LogP contribution is 2.67. The van der Waals surface area contributed by atoms with Crippen LogP contribution in [0.15, 0.2) is 22.6 Å². The predicted molar refractivity (Wildman–Crippen MR) is 89.9 cm³/mol. The second kappa shape index (κ2) is 5.62. The van der Waals surface area contributed by atoms with E-state index in [4.69, 9.17) is 20.8 Å². The Balaban J connectivity index is 1.13. The highest BCUT2D eigenvalue weighted by atomic mass is 35.5. The summed E-state index contributed by atoms with van der Waals surface area (Å²) in [5, 5.41) is 10.6. The summed E-state index contributed by atoms with van der Waals surface area (Å²) < 4.78 is 50.4. The second-order valence-corrected chi connectivity index (χ2v) is 8.37. The third kappa shape index (κ3) is 2.75. The lowest BCUT2D eigenvalue weighted by Gasteiger charge is -2.68. The third-order valence-corrected chi connectivity index (χ3v) is 6.02. The molecule has 10 heteroatoms. The van der Waals surface area contributed by atoms with Gasteiger partial charge < -0.3 is 14.5 Å². The Morgan fingerprint density at radius 3 is 2.68 bits per heavy atom. The summed E-state index contributed by atoms with van der Waals surface area (Å²) in [4.78, 5) is 12.1. The van der Waals surface area contributed by atoms with Crippen molar-refractivity contribution < 1.29 is 27.1 Å². The van der Waals surface area contributed by atoms with Crippen molar-refractivity contribution in [2.24, 2.45) is 0 Å². The molecule has 1 heterocycles. The first kappa shape index (κ1) is 17.8. The summed E-state index contributed by atoms with van der Waals surface area (Å²) >= 11 is 5.60. The van der Waals surface area contributed by atoms with Gasteiger partial charge in [-0.25, -0.2) is 13.2 Å². The van der Waals surface area contributed by atoms with Crippen molar-refractivity contribution in [3.05, 3.63) is 40.8 Å². The SMILES string of the molecule is O=C(COc1ccc(Cl)c(F)c1)NC12CC(c3nnc(C4CC4(F)F)o3)(C1)C2. The molecule has 1 N–H and O–H groups in total. The van der Waals surface area contributed by atoms with Crippen LogP contribution < -0.4 is 10.1 Å². The Labute approximate surface area is 162 Å². The number of carbonyl (C=O) groups is 1. The van der Waals surface area contributed by atoms with Crippen LogP contribution in [0.4, 0.5) is 13.2 Å². The van der Waals surface area contributed by atoms with Crippen molar-refractivity contribution in [3.63, 3.8) is 0 Å². The molecule has 2 aromatic rings. The van der Waals surface area contributed by atoms with E-state index in [0.29, 0.717) is 25.2 Å². The average Bonchev–Trinajstić information content (AvgIpc) is 2.99. The molecule has 4 aliphatic carbocycles. The fourth-order valence-electron chi connectivity index (χ4n) is 4.27. The highest BCUT2D eigenvalue weighted by Gasteiger charge is 2.72. The number of benzene rings is 1. The van der Waals surface area contributed by atoms with Gasteiger partial charge in [-0.1, -0.05) is 11.6 Å². The summed E-state index contributed by atoms with van der Waals surface area (Å²) in [6.45, 7) is -0.253. The van der Waals surface area contributed by atoms with Gasteiger partial charge in [-0.2, -0.15) is 0 Å². The van der Waals surface area contributed by atoms with Crippen molar-refractivity contribution in [2.75, 3.05) is 6.61 Å². The van der Waals surface area contributed by atoms with E-state index in [2.05, 4.69) is 15.5 Å². The normalized spacial score (nSPS) is 31.5. The molecule has 0 aliphatic heterocycles. The summed E-state index contributed by atoms with van der Waals surface area (Å²) in [5.41, 5.74) is -0.688. The largest absolute Gasteiger partial charge is 0.484 e. The lowest BCUT2D eigenvalue weighted by molar-refractivity contribution is -0.143. The summed E-state index contributed by atoms with van der Waals surface area (Å²) in [6, 6.07) is 3.94. The smallest absolute Gasteiger partial charge is 0.260 e. The van der Waals surface area contributed by atoms with Crippen LogP contribution in [0.5, 0.6) is 5.75 Å². The maximum atomic E-state index is 13.4. The van der Waals surface area contributed by atoms with Crippen molar-refractivity contribution >= 4 is 17.5 Å². The number of hydrogen-bond donors (Lipinski definition) is 1. The Bertz CT molecular complexity index is 960. The topological polar surface area (TPSA) is 77.2 Å².